The first-order valence-electron chi connectivity index (χ1n) is 7.06. The highest BCUT2D eigenvalue weighted by atomic mass is 16.2. The van der Waals surface area contributed by atoms with E-state index in [4.69, 9.17) is 0 Å². The molecule has 0 aliphatic carbocycles. The number of aryl methyl sites for hydroxylation is 1. The van der Waals surface area contributed by atoms with Crippen molar-refractivity contribution in [3.63, 3.8) is 0 Å². The second-order valence-corrected chi connectivity index (χ2v) is 5.31. The van der Waals surface area contributed by atoms with Crippen molar-refractivity contribution < 1.29 is 4.79 Å². The molecule has 3 nitrogen and oxygen atoms in total. The molecule has 3 aromatic rings. The van der Waals surface area contributed by atoms with Gasteiger partial charge in [-0.1, -0.05) is 36.4 Å². The van der Waals surface area contributed by atoms with Gasteiger partial charge in [-0.25, -0.2) is 0 Å². The zero-order chi connectivity index (χ0) is 14.8. The van der Waals surface area contributed by atoms with Crippen molar-refractivity contribution in [3.05, 3.63) is 72.1 Å². The number of hydrogen-bond acceptors (Lipinski definition) is 1. The van der Waals surface area contributed by atoms with Crippen molar-refractivity contribution in [2.75, 3.05) is 0 Å². The molecule has 0 radical (unpaired) electrons. The van der Waals surface area contributed by atoms with Crippen LogP contribution in [0.5, 0.6) is 0 Å². The molecule has 1 aromatic heterocycles. The molecule has 0 aliphatic heterocycles. The van der Waals surface area contributed by atoms with E-state index < -0.39 is 0 Å². The highest BCUT2D eigenvalue weighted by molar-refractivity contribution is 5.93. The van der Waals surface area contributed by atoms with Crippen molar-refractivity contribution >= 4 is 16.7 Å². The van der Waals surface area contributed by atoms with Crippen molar-refractivity contribution in [2.45, 2.75) is 13.0 Å². The molecule has 0 aliphatic rings. The summed E-state index contributed by atoms with van der Waals surface area (Å²) in [6.45, 7) is 2.00. The second-order valence-electron chi connectivity index (χ2n) is 5.31. The van der Waals surface area contributed by atoms with E-state index in [0.29, 0.717) is 5.69 Å². The lowest BCUT2D eigenvalue weighted by Gasteiger charge is -2.15. The molecule has 0 saturated heterocycles. The van der Waals surface area contributed by atoms with Gasteiger partial charge in [0, 0.05) is 13.2 Å². The summed E-state index contributed by atoms with van der Waals surface area (Å²) in [4.78, 5) is 12.2. The Bertz CT molecular complexity index is 789. The lowest BCUT2D eigenvalue weighted by molar-refractivity contribution is 0.0931. The Morgan fingerprint density at radius 2 is 1.81 bits per heavy atom. The van der Waals surface area contributed by atoms with E-state index in [1.54, 1.807) is 0 Å². The van der Waals surface area contributed by atoms with Crippen LogP contribution >= 0.6 is 0 Å². The van der Waals surface area contributed by atoms with E-state index >= 15 is 0 Å². The van der Waals surface area contributed by atoms with Gasteiger partial charge in [0.1, 0.15) is 5.69 Å². The Morgan fingerprint density at radius 1 is 1.05 bits per heavy atom. The molecule has 0 saturated carbocycles. The first-order valence-corrected chi connectivity index (χ1v) is 7.06. The third-order valence-electron chi connectivity index (χ3n) is 3.80. The average molecular weight is 278 g/mol. The number of carbonyl (C=O) groups is 1. The van der Waals surface area contributed by atoms with Crippen LogP contribution in [-0.2, 0) is 7.05 Å². The molecule has 1 unspecified atom stereocenters. The predicted octanol–water partition coefficient (Wildman–Crippen LogP) is 3.67. The van der Waals surface area contributed by atoms with Crippen LogP contribution in [0.4, 0.5) is 0 Å². The second kappa shape index (κ2) is 5.44. The molecule has 0 fully saturated rings. The van der Waals surface area contributed by atoms with Crippen LogP contribution in [-0.4, -0.2) is 10.5 Å². The smallest absolute Gasteiger partial charge is 0.268 e. The van der Waals surface area contributed by atoms with Gasteiger partial charge < -0.3 is 9.88 Å². The summed E-state index contributed by atoms with van der Waals surface area (Å²) < 4.78 is 1.82. The summed E-state index contributed by atoms with van der Waals surface area (Å²) in [6.07, 6.45) is 1.87. The van der Waals surface area contributed by atoms with E-state index in [1.807, 2.05) is 49.0 Å². The van der Waals surface area contributed by atoms with Crippen LogP contribution in [0, 0.1) is 0 Å². The highest BCUT2D eigenvalue weighted by Crippen LogP contribution is 2.20. The number of carbonyl (C=O) groups excluding carboxylic acids is 1. The number of nitrogens with zero attached hydrogens (tertiary/aromatic N) is 1. The molecule has 1 amide bonds. The number of fused-ring (bicyclic) bond motifs is 1. The minimum atomic E-state index is -0.0526. The molecule has 3 heteroatoms. The number of nitrogens with one attached hydrogen (secondary N) is 1. The van der Waals surface area contributed by atoms with E-state index in [1.165, 1.54) is 10.8 Å². The first kappa shape index (κ1) is 13.4. The first-order chi connectivity index (χ1) is 10.1. The Labute approximate surface area is 124 Å². The van der Waals surface area contributed by atoms with Gasteiger partial charge in [0.25, 0.3) is 5.91 Å². The summed E-state index contributed by atoms with van der Waals surface area (Å²) >= 11 is 0. The monoisotopic (exact) mass is 278 g/mol. The minimum absolute atomic E-state index is 0.0305. The van der Waals surface area contributed by atoms with Crippen LogP contribution in [0.2, 0.25) is 0 Å². The summed E-state index contributed by atoms with van der Waals surface area (Å²) in [5.41, 5.74) is 1.78. The maximum absolute atomic E-state index is 12.2. The topological polar surface area (TPSA) is 34.0 Å². The standard InChI is InChI=1S/C18H18N2O/c1-13(19-18(21)17-8-5-11-20(17)2)15-10-9-14-6-3-4-7-16(14)12-15/h3-13H,1-2H3,(H,19,21). The molecule has 1 atom stereocenters. The molecule has 0 spiro atoms. The van der Waals surface area contributed by atoms with Gasteiger partial charge in [0.05, 0.1) is 6.04 Å². The molecule has 1 N–H and O–H groups in total. The van der Waals surface area contributed by atoms with E-state index in [0.717, 1.165) is 5.56 Å². The normalized spacial score (nSPS) is 12.3. The van der Waals surface area contributed by atoms with E-state index in [2.05, 4.69) is 35.6 Å². The quantitative estimate of drug-likeness (QED) is 0.779. The zero-order valence-electron chi connectivity index (χ0n) is 12.2. The molecule has 21 heavy (non-hydrogen) atoms. The molecular formula is C18H18N2O. The van der Waals surface area contributed by atoms with Crippen LogP contribution < -0.4 is 5.32 Å². The third-order valence-corrected chi connectivity index (χ3v) is 3.80. The zero-order valence-corrected chi connectivity index (χ0v) is 12.2. The largest absolute Gasteiger partial charge is 0.347 e. The molecule has 1 heterocycles. The Hall–Kier alpha value is -2.55. The van der Waals surface area contributed by atoms with Gasteiger partial charge in [0.2, 0.25) is 0 Å². The molecule has 3 rings (SSSR count). The Balaban J connectivity index is 1.82. The maximum atomic E-state index is 12.2. The van der Waals surface area contributed by atoms with Crippen molar-refractivity contribution in [3.8, 4) is 0 Å². The Morgan fingerprint density at radius 3 is 2.52 bits per heavy atom. The third kappa shape index (κ3) is 2.68. The lowest BCUT2D eigenvalue weighted by Crippen LogP contribution is -2.28. The number of benzene rings is 2. The molecule has 2 aromatic carbocycles. The van der Waals surface area contributed by atoms with Gasteiger partial charge in [-0.2, -0.15) is 0 Å². The van der Waals surface area contributed by atoms with Gasteiger partial charge in [0.15, 0.2) is 0 Å². The maximum Gasteiger partial charge on any atom is 0.268 e. The highest BCUT2D eigenvalue weighted by Gasteiger charge is 2.13. The predicted molar refractivity (Wildman–Crippen MR) is 85.2 cm³/mol. The summed E-state index contributed by atoms with van der Waals surface area (Å²) in [6, 6.07) is 18.2. The SMILES string of the molecule is CC(NC(=O)c1cccn1C)c1ccc2ccccc2c1. The van der Waals surface area contributed by atoms with Gasteiger partial charge in [-0.15, -0.1) is 0 Å². The fraction of sp³-hybridized carbons (Fsp3) is 0.167. The number of rotatable bonds is 3. The van der Waals surface area contributed by atoms with Gasteiger partial charge in [-0.05, 0) is 41.5 Å². The van der Waals surface area contributed by atoms with Gasteiger partial charge in [-0.3, -0.25) is 4.79 Å². The van der Waals surface area contributed by atoms with E-state index in [9.17, 15) is 4.79 Å². The summed E-state index contributed by atoms with van der Waals surface area (Å²) in [5, 5.41) is 5.44. The van der Waals surface area contributed by atoms with Gasteiger partial charge >= 0.3 is 0 Å². The molecule has 0 bridgehead atoms. The summed E-state index contributed by atoms with van der Waals surface area (Å²) in [7, 11) is 1.87. The van der Waals surface area contributed by atoms with Crippen molar-refractivity contribution in [1.82, 2.24) is 9.88 Å². The Kier molecular flexibility index (Phi) is 3.48. The fourth-order valence-electron chi connectivity index (χ4n) is 2.53. The van der Waals surface area contributed by atoms with Crippen LogP contribution in [0.3, 0.4) is 0 Å². The number of amides is 1. The lowest BCUT2D eigenvalue weighted by atomic mass is 10.0. The number of aromatic nitrogens is 1. The van der Waals surface area contributed by atoms with Crippen LogP contribution in [0.25, 0.3) is 10.8 Å². The minimum Gasteiger partial charge on any atom is -0.347 e. The van der Waals surface area contributed by atoms with E-state index in [-0.39, 0.29) is 11.9 Å². The molecular weight excluding hydrogens is 260 g/mol. The summed E-state index contributed by atoms with van der Waals surface area (Å²) in [5.74, 6) is -0.0526. The number of hydrogen-bond donors (Lipinski definition) is 1. The molecule has 106 valence electrons. The van der Waals surface area contributed by atoms with Crippen molar-refractivity contribution in [2.24, 2.45) is 7.05 Å². The fourth-order valence-corrected chi connectivity index (χ4v) is 2.53. The van der Waals surface area contributed by atoms with Crippen LogP contribution in [0.15, 0.2) is 60.8 Å². The van der Waals surface area contributed by atoms with Crippen molar-refractivity contribution in [1.29, 1.82) is 0 Å². The average Bonchev–Trinajstić information content (AvgIpc) is 2.93. The van der Waals surface area contributed by atoms with Crippen LogP contribution in [0.1, 0.15) is 29.0 Å².